The van der Waals surface area contributed by atoms with Crippen molar-refractivity contribution in [3.63, 3.8) is 0 Å². The Morgan fingerprint density at radius 3 is 2.08 bits per heavy atom. The summed E-state index contributed by atoms with van der Waals surface area (Å²) < 4.78 is 0. The lowest BCUT2D eigenvalue weighted by Gasteiger charge is -2.24. The van der Waals surface area contributed by atoms with E-state index in [2.05, 4.69) is 43.9 Å². The molecule has 0 aliphatic carbocycles. The normalized spacial score (nSPS) is 14.2. The molecule has 37 heavy (non-hydrogen) atoms. The summed E-state index contributed by atoms with van der Waals surface area (Å²) >= 11 is 4.03. The fourth-order valence-electron chi connectivity index (χ4n) is 3.13. The van der Waals surface area contributed by atoms with Crippen LogP contribution in [0.4, 0.5) is 0 Å². The van der Waals surface area contributed by atoms with Crippen LogP contribution in [0.1, 0.15) is 31.3 Å². The van der Waals surface area contributed by atoms with Crippen LogP contribution in [0.15, 0.2) is 30.5 Å². The number of aliphatic hydroxyl groups is 1. The first-order valence-electron chi connectivity index (χ1n) is 11.4. The minimum Gasteiger partial charge on any atom is -0.480 e. The Kier molecular flexibility index (Phi) is 10.8. The van der Waals surface area contributed by atoms with Crippen LogP contribution in [-0.2, 0) is 19.2 Å². The number of nitrogens with zero attached hydrogens (tertiary/aromatic N) is 2. The van der Waals surface area contributed by atoms with E-state index in [0.29, 0.717) is 11.0 Å². The first-order valence-corrected chi connectivity index (χ1v) is 12.0. The molecule has 0 bridgehead atoms. The van der Waals surface area contributed by atoms with Crippen molar-refractivity contribution in [3.8, 4) is 0 Å². The summed E-state index contributed by atoms with van der Waals surface area (Å²) in [6.45, 7) is 3.81. The predicted molar refractivity (Wildman–Crippen MR) is 136 cm³/mol. The van der Waals surface area contributed by atoms with Crippen LogP contribution in [-0.4, -0.2) is 86.3 Å². The van der Waals surface area contributed by atoms with Gasteiger partial charge >= 0.3 is 5.97 Å². The predicted octanol–water partition coefficient (Wildman–Crippen LogP) is -1.13. The lowest BCUT2D eigenvalue weighted by Crippen LogP contribution is -2.58. The molecule has 0 aliphatic rings. The molecular formula is C23H30N6O7S. The van der Waals surface area contributed by atoms with Crippen LogP contribution >= 0.6 is 12.6 Å². The summed E-state index contributed by atoms with van der Waals surface area (Å²) in [6.07, 6.45) is 1.23. The molecule has 0 unspecified atom stereocenters. The molecule has 1 aromatic carbocycles. The fourth-order valence-corrected chi connectivity index (χ4v) is 3.39. The zero-order valence-electron chi connectivity index (χ0n) is 20.5. The summed E-state index contributed by atoms with van der Waals surface area (Å²) in [4.78, 5) is 69.8. The van der Waals surface area contributed by atoms with Crippen LogP contribution in [0.2, 0.25) is 0 Å². The summed E-state index contributed by atoms with van der Waals surface area (Å²) in [6, 6.07) is 1.98. The van der Waals surface area contributed by atoms with Crippen molar-refractivity contribution in [2.45, 2.75) is 44.9 Å². The molecule has 14 heteroatoms. The van der Waals surface area contributed by atoms with E-state index in [1.54, 1.807) is 38.1 Å². The maximum atomic E-state index is 12.6. The van der Waals surface area contributed by atoms with E-state index in [1.165, 1.54) is 13.1 Å². The van der Waals surface area contributed by atoms with Crippen LogP contribution in [0.25, 0.3) is 11.0 Å². The third kappa shape index (κ3) is 8.11. The Balaban J connectivity index is 1.97. The molecule has 2 aromatic rings. The van der Waals surface area contributed by atoms with E-state index < -0.39 is 66.3 Å². The second-order valence-electron chi connectivity index (χ2n) is 8.50. The average molecular weight is 535 g/mol. The number of carboxylic acid groups (broad SMARTS) is 1. The van der Waals surface area contributed by atoms with Crippen LogP contribution in [0.3, 0.4) is 0 Å². The number of amides is 4. The quantitative estimate of drug-likeness (QED) is 0.165. The Bertz CT molecular complexity index is 1160. The number of aliphatic hydroxyl groups excluding tert-OH is 1. The molecule has 0 aliphatic heterocycles. The van der Waals surface area contributed by atoms with E-state index in [-0.39, 0.29) is 11.4 Å². The largest absolute Gasteiger partial charge is 0.480 e. The van der Waals surface area contributed by atoms with Gasteiger partial charge in [-0.2, -0.15) is 12.6 Å². The number of para-hydroxylation sites is 2. The summed E-state index contributed by atoms with van der Waals surface area (Å²) in [5.74, 6) is -4.88. The van der Waals surface area contributed by atoms with Gasteiger partial charge in [0.1, 0.15) is 29.9 Å². The number of benzene rings is 1. The van der Waals surface area contributed by atoms with Crippen LogP contribution in [0, 0.1) is 5.92 Å². The van der Waals surface area contributed by atoms with E-state index in [4.69, 9.17) is 0 Å². The van der Waals surface area contributed by atoms with Crippen molar-refractivity contribution >= 4 is 53.3 Å². The van der Waals surface area contributed by atoms with Crippen LogP contribution < -0.4 is 21.3 Å². The molecule has 0 saturated carbocycles. The van der Waals surface area contributed by atoms with E-state index in [9.17, 15) is 34.2 Å². The number of rotatable bonds is 12. The van der Waals surface area contributed by atoms with Crippen molar-refractivity contribution in [2.24, 2.45) is 5.92 Å². The zero-order chi connectivity index (χ0) is 27.7. The summed E-state index contributed by atoms with van der Waals surface area (Å²) in [7, 11) is 0. The molecule has 0 radical (unpaired) electrons. The Morgan fingerprint density at radius 2 is 1.51 bits per heavy atom. The fraction of sp³-hybridized carbons (Fsp3) is 0.435. The van der Waals surface area contributed by atoms with Gasteiger partial charge in [-0.25, -0.2) is 9.78 Å². The Hall–Kier alpha value is -3.78. The minimum absolute atomic E-state index is 0.0700. The lowest BCUT2D eigenvalue weighted by atomic mass is 10.0. The smallest absolute Gasteiger partial charge is 0.326 e. The molecule has 0 fully saturated rings. The summed E-state index contributed by atoms with van der Waals surface area (Å²) in [5, 5.41) is 28.3. The Labute approximate surface area is 218 Å². The van der Waals surface area contributed by atoms with E-state index >= 15 is 0 Å². The van der Waals surface area contributed by atoms with Crippen molar-refractivity contribution in [3.05, 3.63) is 36.2 Å². The third-order valence-corrected chi connectivity index (χ3v) is 5.65. The highest BCUT2D eigenvalue weighted by Crippen LogP contribution is 2.08. The molecule has 0 saturated heterocycles. The van der Waals surface area contributed by atoms with Crippen molar-refractivity contribution in [1.29, 1.82) is 0 Å². The first-order chi connectivity index (χ1) is 17.5. The van der Waals surface area contributed by atoms with Gasteiger partial charge in [-0.1, -0.05) is 26.0 Å². The second-order valence-corrected chi connectivity index (χ2v) is 8.86. The topological polar surface area (TPSA) is 200 Å². The number of hydrogen-bond donors (Lipinski definition) is 7. The molecule has 0 spiro atoms. The minimum atomic E-state index is -1.40. The molecule has 2 rings (SSSR count). The number of hydrogen-bond acceptors (Lipinski definition) is 9. The lowest BCUT2D eigenvalue weighted by molar-refractivity contribution is -0.143. The standard InChI is InChI=1S/C23H30N6O7S/c1-11(2)18(23(35)36)29-22(34)17(10-37)28-19(31)12(3)25-21(33)16(9-30)27-20(32)15-8-24-13-6-4-5-7-14(13)26-15/h4-8,11-12,16-18,30,37H,9-10H2,1-3H3,(H,25,33)(H,27,32)(H,28,31)(H,29,34)(H,35,36)/t12-,16-,17-,18-/m0/s1. The SMILES string of the molecule is CC(C)[C@H](NC(=O)[C@H](CS)NC(=O)[C@H](C)NC(=O)[C@H](CO)NC(=O)c1cnc2ccccc2n1)C(=O)O. The molecule has 4 atom stereocenters. The molecular weight excluding hydrogens is 504 g/mol. The van der Waals surface area contributed by atoms with E-state index in [1.807, 2.05) is 0 Å². The monoisotopic (exact) mass is 534 g/mol. The van der Waals surface area contributed by atoms with Gasteiger partial charge in [0.25, 0.3) is 5.91 Å². The zero-order valence-corrected chi connectivity index (χ0v) is 21.4. The number of thiol groups is 1. The van der Waals surface area contributed by atoms with Gasteiger partial charge in [-0.05, 0) is 25.0 Å². The number of nitrogens with one attached hydrogen (secondary N) is 4. The highest BCUT2D eigenvalue weighted by molar-refractivity contribution is 7.80. The molecule has 6 N–H and O–H groups in total. The van der Waals surface area contributed by atoms with Gasteiger partial charge in [0.05, 0.1) is 23.8 Å². The van der Waals surface area contributed by atoms with Crippen molar-refractivity contribution < 1.29 is 34.2 Å². The number of carbonyl (C=O) groups is 5. The number of aliphatic carboxylic acids is 1. The number of carbonyl (C=O) groups excluding carboxylic acids is 4. The van der Waals surface area contributed by atoms with Gasteiger partial charge < -0.3 is 31.5 Å². The Morgan fingerprint density at radius 1 is 0.892 bits per heavy atom. The maximum Gasteiger partial charge on any atom is 0.326 e. The van der Waals surface area contributed by atoms with Crippen molar-refractivity contribution in [1.82, 2.24) is 31.2 Å². The molecule has 200 valence electrons. The average Bonchev–Trinajstić information content (AvgIpc) is 2.87. The maximum absolute atomic E-state index is 12.6. The highest BCUT2D eigenvalue weighted by Gasteiger charge is 2.30. The highest BCUT2D eigenvalue weighted by atomic mass is 32.1. The van der Waals surface area contributed by atoms with Gasteiger partial charge in [-0.3, -0.25) is 24.2 Å². The number of fused-ring (bicyclic) bond motifs is 1. The molecule has 4 amide bonds. The molecule has 1 aromatic heterocycles. The van der Waals surface area contributed by atoms with Crippen molar-refractivity contribution in [2.75, 3.05) is 12.4 Å². The van der Waals surface area contributed by atoms with Gasteiger partial charge in [0, 0.05) is 5.75 Å². The van der Waals surface area contributed by atoms with Gasteiger partial charge in [-0.15, -0.1) is 0 Å². The molecule has 1 heterocycles. The van der Waals surface area contributed by atoms with Gasteiger partial charge in [0.15, 0.2) is 0 Å². The molecule has 13 nitrogen and oxygen atoms in total. The summed E-state index contributed by atoms with van der Waals surface area (Å²) in [5.41, 5.74) is 0.974. The van der Waals surface area contributed by atoms with Crippen LogP contribution in [0.5, 0.6) is 0 Å². The van der Waals surface area contributed by atoms with E-state index in [0.717, 1.165) is 0 Å². The number of aromatic nitrogens is 2. The first kappa shape index (κ1) is 29.5. The number of carboxylic acids is 1. The van der Waals surface area contributed by atoms with Gasteiger partial charge in [0.2, 0.25) is 17.7 Å². The third-order valence-electron chi connectivity index (χ3n) is 5.28. The second kappa shape index (κ2) is 13.5.